The number of ketones is 1. The minimum atomic E-state index is 0.260. The molecule has 0 aliphatic carbocycles. The molecule has 1 aliphatic heterocycles. The summed E-state index contributed by atoms with van der Waals surface area (Å²) in [6.45, 7) is 0.597. The maximum atomic E-state index is 11.5. The zero-order valence-corrected chi connectivity index (χ0v) is 7.37. The van der Waals surface area contributed by atoms with Gasteiger partial charge in [-0.1, -0.05) is 12.1 Å². The van der Waals surface area contributed by atoms with Gasteiger partial charge in [-0.25, -0.2) is 0 Å². The van der Waals surface area contributed by atoms with Crippen LogP contribution in [0.5, 0.6) is 0 Å². The number of carbonyl (C=O) groups excluding carboxylic acids is 1. The summed E-state index contributed by atoms with van der Waals surface area (Å²) in [5.74, 6) is 0.260. The quantitative estimate of drug-likeness (QED) is 0.528. The van der Waals surface area contributed by atoms with Crippen molar-refractivity contribution in [1.82, 2.24) is 4.48 Å². The highest BCUT2D eigenvalue weighted by Crippen LogP contribution is 2.30. The molecule has 1 aromatic rings. The lowest BCUT2D eigenvalue weighted by atomic mass is 10.1. The Morgan fingerprint density at radius 2 is 1.92 bits per heavy atom. The van der Waals surface area contributed by atoms with Gasteiger partial charge in [-0.2, -0.15) is 0 Å². The number of hydrogen-bond donors (Lipinski definition) is 0. The molecule has 0 radical (unpaired) electrons. The Morgan fingerprint density at radius 1 is 1.25 bits per heavy atom. The van der Waals surface area contributed by atoms with Crippen molar-refractivity contribution in [3.05, 3.63) is 29.8 Å². The number of carbonyl (C=O) groups is 1. The zero-order valence-electron chi connectivity index (χ0n) is 7.37. The third-order valence-electron chi connectivity index (χ3n) is 2.40. The lowest BCUT2D eigenvalue weighted by molar-refractivity contribution is 0.0984. The van der Waals surface area contributed by atoms with Gasteiger partial charge in [0, 0.05) is 0 Å². The second-order valence-electron chi connectivity index (χ2n) is 3.78. The molecule has 0 spiro atoms. The number of benzene rings is 1. The Hall–Kier alpha value is -1.15. The van der Waals surface area contributed by atoms with Crippen molar-refractivity contribution in [2.45, 2.75) is 0 Å². The maximum absolute atomic E-state index is 11.5. The zero-order chi connectivity index (χ0) is 8.77. The van der Waals surface area contributed by atoms with Crippen LogP contribution >= 0.6 is 0 Å². The minimum Gasteiger partial charge on any atom is -0.289 e. The van der Waals surface area contributed by atoms with Gasteiger partial charge < -0.3 is 0 Å². The highest BCUT2D eigenvalue weighted by Gasteiger charge is 2.35. The number of likely N-dealkylation sites (N-methyl/N-ethyl adjacent to an activating group) is 1. The summed E-state index contributed by atoms with van der Waals surface area (Å²) >= 11 is 0. The molecule has 2 heteroatoms. The molecule has 62 valence electrons. The first-order valence-electron chi connectivity index (χ1n) is 4.07. The van der Waals surface area contributed by atoms with Gasteiger partial charge in [0.05, 0.1) is 19.7 Å². The van der Waals surface area contributed by atoms with Gasteiger partial charge in [-0.15, -0.1) is 0 Å². The van der Waals surface area contributed by atoms with E-state index in [2.05, 4.69) is 14.1 Å². The number of quaternary nitrogens is 1. The normalized spacial score (nSPS) is 19.3. The van der Waals surface area contributed by atoms with Crippen LogP contribution < -0.4 is 4.48 Å². The number of Topliss-reactive ketones (excluding diaryl/α,β-unsaturated/α-hetero) is 1. The van der Waals surface area contributed by atoms with Crippen molar-refractivity contribution < 1.29 is 4.79 Å². The van der Waals surface area contributed by atoms with Crippen LogP contribution in [0.3, 0.4) is 0 Å². The first-order chi connectivity index (χ1) is 5.61. The summed E-state index contributed by atoms with van der Waals surface area (Å²) in [5.41, 5.74) is 2.03. The van der Waals surface area contributed by atoms with Gasteiger partial charge in [0.1, 0.15) is 12.2 Å². The fourth-order valence-corrected chi connectivity index (χ4v) is 1.77. The highest BCUT2D eigenvalue weighted by atomic mass is 16.1. The third-order valence-corrected chi connectivity index (χ3v) is 2.40. The smallest absolute Gasteiger partial charge is 0.223 e. The molecule has 0 N–H and O–H groups in total. The lowest BCUT2D eigenvalue weighted by Crippen LogP contribution is -2.39. The Labute approximate surface area is 72.0 Å². The molecule has 0 fully saturated rings. The summed E-state index contributed by atoms with van der Waals surface area (Å²) in [6.07, 6.45) is 0. The van der Waals surface area contributed by atoms with E-state index in [1.54, 1.807) is 0 Å². The van der Waals surface area contributed by atoms with E-state index in [0.717, 1.165) is 11.3 Å². The Kier molecular flexibility index (Phi) is 1.36. The van der Waals surface area contributed by atoms with Gasteiger partial charge in [0.25, 0.3) is 0 Å². The second kappa shape index (κ2) is 2.17. The molecule has 2 rings (SSSR count). The molecule has 12 heavy (non-hydrogen) atoms. The number of para-hydroxylation sites is 1. The molecule has 0 aromatic heterocycles. The highest BCUT2D eigenvalue weighted by molar-refractivity contribution is 6.06. The molecule has 1 aromatic carbocycles. The lowest BCUT2D eigenvalue weighted by Gasteiger charge is -2.22. The van der Waals surface area contributed by atoms with Gasteiger partial charge in [-0.05, 0) is 12.1 Å². The summed E-state index contributed by atoms with van der Waals surface area (Å²) in [4.78, 5) is 11.5. The second-order valence-corrected chi connectivity index (χ2v) is 3.78. The van der Waals surface area contributed by atoms with Crippen LogP contribution in [0.15, 0.2) is 24.3 Å². The summed E-state index contributed by atoms with van der Waals surface area (Å²) in [6, 6.07) is 7.84. The molecule has 2 nitrogen and oxygen atoms in total. The van der Waals surface area contributed by atoms with Crippen LogP contribution in [-0.4, -0.2) is 26.4 Å². The first kappa shape index (κ1) is 7.50. The van der Waals surface area contributed by atoms with Gasteiger partial charge in [0.15, 0.2) is 0 Å². The molecule has 0 bridgehead atoms. The molecule has 0 saturated heterocycles. The predicted molar refractivity (Wildman–Crippen MR) is 49.3 cm³/mol. The third kappa shape index (κ3) is 0.883. The Morgan fingerprint density at radius 3 is 2.58 bits per heavy atom. The van der Waals surface area contributed by atoms with Crippen LogP contribution in [0.4, 0.5) is 5.69 Å². The van der Waals surface area contributed by atoms with Crippen LogP contribution in [0.25, 0.3) is 0 Å². The van der Waals surface area contributed by atoms with Crippen molar-refractivity contribution in [3.63, 3.8) is 0 Å². The van der Waals surface area contributed by atoms with Crippen LogP contribution in [0, 0.1) is 0 Å². The van der Waals surface area contributed by atoms with Crippen molar-refractivity contribution in [2.75, 3.05) is 20.6 Å². The molecule has 1 heterocycles. The van der Waals surface area contributed by atoms with Crippen LogP contribution in [0.1, 0.15) is 10.4 Å². The molecule has 0 saturated carbocycles. The summed E-state index contributed by atoms with van der Waals surface area (Å²) in [5, 5.41) is 0. The maximum Gasteiger partial charge on any atom is 0.223 e. The number of fused-ring (bicyclic) bond motifs is 1. The van der Waals surface area contributed by atoms with E-state index >= 15 is 0 Å². The van der Waals surface area contributed by atoms with E-state index in [-0.39, 0.29) is 5.78 Å². The number of nitrogens with zero attached hydrogens (tertiary/aromatic N) is 1. The van der Waals surface area contributed by atoms with Crippen molar-refractivity contribution in [3.8, 4) is 0 Å². The molecule has 0 unspecified atom stereocenters. The van der Waals surface area contributed by atoms with E-state index in [9.17, 15) is 4.79 Å². The summed E-state index contributed by atoms with van der Waals surface area (Å²) < 4.78 is 0.689. The Balaban J connectivity index is 2.66. The van der Waals surface area contributed by atoms with E-state index in [4.69, 9.17) is 0 Å². The van der Waals surface area contributed by atoms with Crippen molar-refractivity contribution in [2.24, 2.45) is 0 Å². The topological polar surface area (TPSA) is 17.1 Å². The van der Waals surface area contributed by atoms with Crippen LogP contribution in [-0.2, 0) is 0 Å². The average Bonchev–Trinajstić information content (AvgIpc) is 2.25. The standard InChI is InChI=1S/C10H12NO/c1-11(2)7-10(12)8-5-3-4-6-9(8)11/h3-6H,7H2,1-2H3/q+1. The van der Waals surface area contributed by atoms with E-state index in [1.165, 1.54) is 0 Å². The van der Waals surface area contributed by atoms with Crippen LogP contribution in [0.2, 0.25) is 0 Å². The largest absolute Gasteiger partial charge is 0.289 e. The average molecular weight is 162 g/mol. The SMILES string of the molecule is C[N+]1(C)CC(=O)c2ccccc21. The van der Waals surface area contributed by atoms with E-state index in [0.29, 0.717) is 11.0 Å². The predicted octanol–water partition coefficient (Wildman–Crippen LogP) is 1.45. The van der Waals surface area contributed by atoms with E-state index < -0.39 is 0 Å². The van der Waals surface area contributed by atoms with Crippen molar-refractivity contribution in [1.29, 1.82) is 0 Å². The number of rotatable bonds is 0. The number of hydrogen-bond acceptors (Lipinski definition) is 1. The Bertz CT molecular complexity index is 341. The van der Waals surface area contributed by atoms with Gasteiger partial charge >= 0.3 is 0 Å². The summed E-state index contributed by atoms with van der Waals surface area (Å²) in [7, 11) is 4.12. The molecule has 0 amide bonds. The fraction of sp³-hybridized carbons (Fsp3) is 0.300. The van der Waals surface area contributed by atoms with Crippen molar-refractivity contribution >= 4 is 11.5 Å². The molecular weight excluding hydrogens is 150 g/mol. The first-order valence-corrected chi connectivity index (χ1v) is 4.07. The minimum absolute atomic E-state index is 0.260. The monoisotopic (exact) mass is 162 g/mol. The van der Waals surface area contributed by atoms with E-state index in [1.807, 2.05) is 24.3 Å². The molecular formula is C10H12NO+. The fourth-order valence-electron chi connectivity index (χ4n) is 1.77. The molecule has 0 atom stereocenters. The van der Waals surface area contributed by atoms with Gasteiger partial charge in [-0.3, -0.25) is 9.28 Å². The molecule has 1 aliphatic rings. The van der Waals surface area contributed by atoms with Gasteiger partial charge in [0.2, 0.25) is 5.78 Å².